The lowest BCUT2D eigenvalue weighted by Crippen LogP contribution is -2.54. The molecule has 1 fully saturated rings. The van der Waals surface area contributed by atoms with Gasteiger partial charge in [-0.3, -0.25) is 9.69 Å². The third-order valence-corrected chi connectivity index (χ3v) is 4.49. The number of rotatable bonds is 2. The summed E-state index contributed by atoms with van der Waals surface area (Å²) in [5.41, 5.74) is 1.08. The van der Waals surface area contributed by atoms with E-state index >= 15 is 0 Å². The maximum absolute atomic E-state index is 11.3. The number of β-lactam (4-membered cyclic amide) rings is 1. The highest BCUT2D eigenvalue weighted by molar-refractivity contribution is 14.1. The van der Waals surface area contributed by atoms with Crippen molar-refractivity contribution in [1.29, 1.82) is 0 Å². The van der Waals surface area contributed by atoms with Gasteiger partial charge in [-0.2, -0.15) is 0 Å². The van der Waals surface area contributed by atoms with E-state index in [1.807, 2.05) is 0 Å². The van der Waals surface area contributed by atoms with Crippen molar-refractivity contribution in [2.45, 2.75) is 11.8 Å². The van der Waals surface area contributed by atoms with E-state index in [1.54, 1.807) is 11.8 Å². The highest BCUT2D eigenvalue weighted by Gasteiger charge is 2.44. The van der Waals surface area contributed by atoms with E-state index < -0.39 is 5.97 Å². The lowest BCUT2D eigenvalue weighted by Gasteiger charge is -2.43. The fraction of sp³-hybridized carbons (Fsp3) is 0.500. The van der Waals surface area contributed by atoms with E-state index in [9.17, 15) is 9.59 Å². The van der Waals surface area contributed by atoms with Crippen LogP contribution in [0.25, 0.3) is 0 Å². The molecule has 0 spiro atoms. The molecule has 2 aliphatic rings. The van der Waals surface area contributed by atoms with E-state index in [0.717, 1.165) is 11.3 Å². The molecule has 6 heteroatoms. The zero-order valence-corrected chi connectivity index (χ0v) is 10.2. The van der Waals surface area contributed by atoms with Gasteiger partial charge in [-0.1, -0.05) is 22.6 Å². The van der Waals surface area contributed by atoms with Crippen LogP contribution in [0.5, 0.6) is 0 Å². The minimum atomic E-state index is -0.977. The number of thioether (sulfide) groups is 1. The lowest BCUT2D eigenvalue weighted by molar-refractivity contribution is -0.146. The van der Waals surface area contributed by atoms with Gasteiger partial charge in [0.25, 0.3) is 0 Å². The molecule has 2 heterocycles. The Kier molecular flexibility index (Phi) is 2.74. The van der Waals surface area contributed by atoms with E-state index in [4.69, 9.17) is 5.11 Å². The summed E-state index contributed by atoms with van der Waals surface area (Å²) in [5.74, 6) is -0.309. The number of carbonyl (C=O) groups is 2. The number of carboxylic acid groups (broad SMARTS) is 1. The molecule has 14 heavy (non-hydrogen) atoms. The average molecular weight is 325 g/mol. The second-order valence-electron chi connectivity index (χ2n) is 3.12. The van der Waals surface area contributed by atoms with Crippen molar-refractivity contribution in [2.24, 2.45) is 0 Å². The summed E-state index contributed by atoms with van der Waals surface area (Å²) < 4.78 is 0.670. The number of fused-ring (bicyclic) bond motifs is 1. The Morgan fingerprint density at radius 2 is 2.43 bits per heavy atom. The summed E-state index contributed by atoms with van der Waals surface area (Å²) in [5, 5.41) is 9.08. The summed E-state index contributed by atoms with van der Waals surface area (Å²) >= 11 is 3.78. The Balaban J connectivity index is 2.37. The smallest absolute Gasteiger partial charge is 0.352 e. The Labute approximate surface area is 98.9 Å². The first-order valence-corrected chi connectivity index (χ1v) is 6.67. The molecule has 2 rings (SSSR count). The maximum atomic E-state index is 11.3. The topological polar surface area (TPSA) is 57.6 Å². The van der Waals surface area contributed by atoms with Crippen LogP contribution in [0.4, 0.5) is 0 Å². The SMILES string of the molecule is O=C(O)C1=C(CI)CSC2CC(=O)N12. The molecule has 2 aliphatic heterocycles. The van der Waals surface area contributed by atoms with E-state index in [1.165, 1.54) is 4.90 Å². The molecule has 76 valence electrons. The molecule has 1 atom stereocenters. The van der Waals surface area contributed by atoms with Gasteiger partial charge in [0.15, 0.2) is 0 Å². The highest BCUT2D eigenvalue weighted by Crippen LogP contribution is 2.40. The van der Waals surface area contributed by atoms with Crippen molar-refractivity contribution in [3.05, 3.63) is 11.3 Å². The van der Waals surface area contributed by atoms with Gasteiger partial charge in [0.1, 0.15) is 5.70 Å². The normalized spacial score (nSPS) is 25.9. The average Bonchev–Trinajstić information content (AvgIpc) is 2.15. The molecule has 0 radical (unpaired) electrons. The predicted octanol–water partition coefficient (Wildman–Crippen LogP) is 1.07. The van der Waals surface area contributed by atoms with Gasteiger partial charge in [0.2, 0.25) is 5.91 Å². The van der Waals surface area contributed by atoms with Gasteiger partial charge in [0, 0.05) is 10.2 Å². The van der Waals surface area contributed by atoms with Crippen LogP contribution in [0.1, 0.15) is 6.42 Å². The Morgan fingerprint density at radius 1 is 1.71 bits per heavy atom. The molecule has 4 nitrogen and oxygen atoms in total. The van der Waals surface area contributed by atoms with Crippen molar-refractivity contribution in [3.63, 3.8) is 0 Å². The lowest BCUT2D eigenvalue weighted by atomic mass is 10.1. The predicted molar refractivity (Wildman–Crippen MR) is 61.3 cm³/mol. The number of hydrogen-bond donors (Lipinski definition) is 1. The molecule has 0 saturated carbocycles. The number of carbonyl (C=O) groups excluding carboxylic acids is 1. The van der Waals surface area contributed by atoms with Crippen LogP contribution < -0.4 is 0 Å². The number of nitrogens with zero attached hydrogens (tertiary/aromatic N) is 1. The minimum Gasteiger partial charge on any atom is -0.477 e. The van der Waals surface area contributed by atoms with Crippen molar-refractivity contribution in [3.8, 4) is 0 Å². The molecule has 1 N–H and O–H groups in total. The van der Waals surface area contributed by atoms with Gasteiger partial charge < -0.3 is 5.11 Å². The first-order chi connectivity index (χ1) is 6.65. The summed E-state index contributed by atoms with van der Waals surface area (Å²) in [4.78, 5) is 23.7. The number of aliphatic carboxylic acids is 1. The highest BCUT2D eigenvalue weighted by atomic mass is 127. The van der Waals surface area contributed by atoms with Gasteiger partial charge in [-0.25, -0.2) is 4.79 Å². The Bertz CT molecular complexity index is 341. The summed E-state index contributed by atoms with van der Waals surface area (Å²) in [6, 6.07) is 0. The second-order valence-corrected chi connectivity index (χ2v) is 5.05. The van der Waals surface area contributed by atoms with Crippen molar-refractivity contribution < 1.29 is 14.7 Å². The van der Waals surface area contributed by atoms with E-state index in [0.29, 0.717) is 10.8 Å². The van der Waals surface area contributed by atoms with Crippen LogP contribution in [0.15, 0.2) is 11.3 Å². The molecule has 0 bridgehead atoms. The quantitative estimate of drug-likeness (QED) is 0.469. The van der Waals surface area contributed by atoms with Crippen LogP contribution >= 0.6 is 34.4 Å². The third kappa shape index (κ3) is 1.44. The molecule has 0 aliphatic carbocycles. The van der Waals surface area contributed by atoms with Crippen LogP contribution in [0.2, 0.25) is 0 Å². The van der Waals surface area contributed by atoms with Crippen LogP contribution in [0.3, 0.4) is 0 Å². The molecule has 0 aromatic carbocycles. The molecule has 1 saturated heterocycles. The van der Waals surface area contributed by atoms with Crippen molar-refractivity contribution in [1.82, 2.24) is 4.90 Å². The van der Waals surface area contributed by atoms with Crippen molar-refractivity contribution >= 4 is 46.2 Å². The summed E-state index contributed by atoms with van der Waals surface area (Å²) in [6.45, 7) is 0. The first kappa shape index (κ1) is 10.3. The van der Waals surface area contributed by atoms with Gasteiger partial charge in [0.05, 0.1) is 11.8 Å². The second kappa shape index (κ2) is 3.73. The fourth-order valence-corrected chi connectivity index (χ4v) is 3.84. The monoisotopic (exact) mass is 325 g/mol. The Hall–Kier alpha value is -0.240. The minimum absolute atomic E-state index is 0.0676. The van der Waals surface area contributed by atoms with E-state index in [2.05, 4.69) is 22.6 Å². The standard InChI is InChI=1S/C8H8INO3S/c9-2-4-3-14-6-1-5(11)10(6)7(4)8(12)13/h6H,1-3H2,(H,12,13). The zero-order chi connectivity index (χ0) is 10.3. The van der Waals surface area contributed by atoms with Crippen LogP contribution in [-0.2, 0) is 9.59 Å². The number of carboxylic acids is 1. The first-order valence-electron chi connectivity index (χ1n) is 4.10. The maximum Gasteiger partial charge on any atom is 0.352 e. The fourth-order valence-electron chi connectivity index (χ4n) is 1.58. The van der Waals surface area contributed by atoms with Crippen LogP contribution in [0, 0.1) is 0 Å². The van der Waals surface area contributed by atoms with Crippen LogP contribution in [-0.4, -0.2) is 37.4 Å². The number of halogens is 1. The molecule has 1 amide bonds. The Morgan fingerprint density at radius 3 is 2.93 bits per heavy atom. The van der Waals surface area contributed by atoms with Gasteiger partial charge >= 0.3 is 5.97 Å². The number of amides is 1. The van der Waals surface area contributed by atoms with Gasteiger partial charge in [-0.05, 0) is 5.57 Å². The zero-order valence-electron chi connectivity index (χ0n) is 7.20. The van der Waals surface area contributed by atoms with E-state index in [-0.39, 0.29) is 17.0 Å². The number of hydrogen-bond acceptors (Lipinski definition) is 3. The largest absolute Gasteiger partial charge is 0.477 e. The summed E-state index contributed by atoms with van der Waals surface area (Å²) in [6.07, 6.45) is 0.482. The molecule has 1 unspecified atom stereocenters. The number of alkyl halides is 1. The van der Waals surface area contributed by atoms with Crippen molar-refractivity contribution in [2.75, 3.05) is 10.2 Å². The third-order valence-electron chi connectivity index (χ3n) is 2.30. The summed E-state index contributed by atoms with van der Waals surface area (Å²) in [7, 11) is 0. The molecular weight excluding hydrogens is 317 g/mol. The molecule has 0 aromatic rings. The molecule has 0 aromatic heterocycles. The van der Waals surface area contributed by atoms with Gasteiger partial charge in [-0.15, -0.1) is 11.8 Å². The molecular formula is C8H8INO3S.